The first-order chi connectivity index (χ1) is 7.50. The molecule has 3 heteroatoms. The molecule has 1 aromatic carbocycles. The Labute approximate surface area is 96.5 Å². The molecule has 0 atom stereocenters. The van der Waals surface area contributed by atoms with Gasteiger partial charge in [0.05, 0.1) is 5.60 Å². The number of rotatable bonds is 5. The van der Waals surface area contributed by atoms with E-state index >= 15 is 0 Å². The molecule has 0 aromatic heterocycles. The third kappa shape index (κ3) is 3.20. The number of hydrogen-bond donors (Lipinski definition) is 2. The van der Waals surface area contributed by atoms with Crippen molar-refractivity contribution in [2.24, 2.45) is 0 Å². The van der Waals surface area contributed by atoms with Crippen molar-refractivity contribution in [1.29, 1.82) is 0 Å². The molecule has 1 rings (SSSR count). The van der Waals surface area contributed by atoms with Gasteiger partial charge in [-0.05, 0) is 43.5 Å². The third-order valence-electron chi connectivity index (χ3n) is 3.11. The van der Waals surface area contributed by atoms with E-state index < -0.39 is 5.60 Å². The topological polar surface area (TPSA) is 32.3 Å². The van der Waals surface area contributed by atoms with E-state index in [1.807, 2.05) is 20.8 Å². The van der Waals surface area contributed by atoms with Crippen molar-refractivity contribution in [2.75, 3.05) is 11.9 Å². The van der Waals surface area contributed by atoms with Gasteiger partial charge in [-0.2, -0.15) is 0 Å². The quantitative estimate of drug-likeness (QED) is 0.807. The van der Waals surface area contributed by atoms with Crippen molar-refractivity contribution >= 4 is 5.69 Å². The maximum absolute atomic E-state index is 12.9. The van der Waals surface area contributed by atoms with Crippen LogP contribution >= 0.6 is 0 Å². The predicted molar refractivity (Wildman–Crippen MR) is 65.2 cm³/mol. The third-order valence-corrected chi connectivity index (χ3v) is 3.11. The molecular weight excluding hydrogens is 205 g/mol. The second kappa shape index (κ2) is 5.30. The summed E-state index contributed by atoms with van der Waals surface area (Å²) in [6.07, 6.45) is 1.41. The Bertz CT molecular complexity index is 348. The van der Waals surface area contributed by atoms with E-state index in [0.717, 1.165) is 11.3 Å². The number of halogens is 1. The zero-order valence-electron chi connectivity index (χ0n) is 10.2. The minimum atomic E-state index is -0.680. The number of aryl methyl sites for hydroxylation is 1. The summed E-state index contributed by atoms with van der Waals surface area (Å²) in [7, 11) is 0. The summed E-state index contributed by atoms with van der Waals surface area (Å²) in [5.41, 5.74) is 1.05. The molecule has 0 radical (unpaired) electrons. The van der Waals surface area contributed by atoms with Crippen LogP contribution in [0.5, 0.6) is 0 Å². The van der Waals surface area contributed by atoms with E-state index in [2.05, 4.69) is 5.32 Å². The molecule has 0 aliphatic rings. The molecule has 0 aliphatic carbocycles. The molecule has 1 aromatic rings. The molecule has 0 spiro atoms. The van der Waals surface area contributed by atoms with Crippen LogP contribution in [-0.2, 0) is 0 Å². The van der Waals surface area contributed by atoms with Gasteiger partial charge in [-0.1, -0.05) is 13.8 Å². The number of hydrogen-bond acceptors (Lipinski definition) is 2. The smallest absolute Gasteiger partial charge is 0.123 e. The van der Waals surface area contributed by atoms with Crippen LogP contribution < -0.4 is 5.32 Å². The fourth-order valence-electron chi connectivity index (χ4n) is 1.59. The summed E-state index contributed by atoms with van der Waals surface area (Å²) in [4.78, 5) is 0. The fraction of sp³-hybridized carbons (Fsp3) is 0.538. The molecule has 0 heterocycles. The highest BCUT2D eigenvalue weighted by Gasteiger charge is 2.21. The van der Waals surface area contributed by atoms with Crippen molar-refractivity contribution < 1.29 is 9.50 Å². The maximum Gasteiger partial charge on any atom is 0.123 e. The molecule has 2 nitrogen and oxygen atoms in total. The highest BCUT2D eigenvalue weighted by Crippen LogP contribution is 2.19. The van der Waals surface area contributed by atoms with Gasteiger partial charge in [-0.25, -0.2) is 4.39 Å². The first-order valence-electron chi connectivity index (χ1n) is 5.73. The summed E-state index contributed by atoms with van der Waals surface area (Å²) < 4.78 is 12.9. The maximum atomic E-state index is 12.9. The molecule has 16 heavy (non-hydrogen) atoms. The van der Waals surface area contributed by atoms with Crippen molar-refractivity contribution in [1.82, 2.24) is 0 Å². The Morgan fingerprint density at radius 1 is 1.31 bits per heavy atom. The molecule has 0 unspecified atom stereocenters. The predicted octanol–water partition coefficient (Wildman–Crippen LogP) is 3.10. The SMILES string of the molecule is CCC(O)(CC)CNc1ccc(F)cc1C. The zero-order chi connectivity index (χ0) is 12.2. The van der Waals surface area contributed by atoms with E-state index in [-0.39, 0.29) is 5.82 Å². The molecule has 0 amide bonds. The van der Waals surface area contributed by atoms with Crippen LogP contribution in [0.15, 0.2) is 18.2 Å². The van der Waals surface area contributed by atoms with Gasteiger partial charge in [0.2, 0.25) is 0 Å². The van der Waals surface area contributed by atoms with E-state index in [9.17, 15) is 9.50 Å². The monoisotopic (exact) mass is 225 g/mol. The van der Waals surface area contributed by atoms with Crippen molar-refractivity contribution in [3.63, 3.8) is 0 Å². The molecule has 0 bridgehead atoms. The highest BCUT2D eigenvalue weighted by molar-refractivity contribution is 5.50. The van der Waals surface area contributed by atoms with Crippen LogP contribution in [0.1, 0.15) is 32.3 Å². The van der Waals surface area contributed by atoms with Crippen LogP contribution in [0.4, 0.5) is 10.1 Å². The lowest BCUT2D eigenvalue weighted by molar-refractivity contribution is 0.0457. The fourth-order valence-corrected chi connectivity index (χ4v) is 1.59. The van der Waals surface area contributed by atoms with Gasteiger partial charge in [0, 0.05) is 12.2 Å². The van der Waals surface area contributed by atoms with Crippen LogP contribution in [-0.4, -0.2) is 17.3 Å². The molecule has 0 fully saturated rings. The first kappa shape index (κ1) is 13.0. The summed E-state index contributed by atoms with van der Waals surface area (Å²) in [6, 6.07) is 4.61. The van der Waals surface area contributed by atoms with Gasteiger partial charge in [0.15, 0.2) is 0 Å². The minimum Gasteiger partial charge on any atom is -0.388 e. The summed E-state index contributed by atoms with van der Waals surface area (Å²) >= 11 is 0. The van der Waals surface area contributed by atoms with Gasteiger partial charge in [0.25, 0.3) is 0 Å². The largest absolute Gasteiger partial charge is 0.388 e. The Morgan fingerprint density at radius 2 is 1.94 bits per heavy atom. The molecule has 0 aliphatic heterocycles. The highest BCUT2D eigenvalue weighted by atomic mass is 19.1. The zero-order valence-corrected chi connectivity index (χ0v) is 10.2. The summed E-state index contributed by atoms with van der Waals surface area (Å²) in [6.45, 7) is 6.26. The van der Waals surface area contributed by atoms with Crippen molar-refractivity contribution in [3.05, 3.63) is 29.6 Å². The second-order valence-electron chi connectivity index (χ2n) is 4.24. The molecule has 90 valence electrons. The molecular formula is C13H20FNO. The summed E-state index contributed by atoms with van der Waals surface area (Å²) in [5, 5.41) is 13.3. The Balaban J connectivity index is 2.67. The normalized spacial score (nSPS) is 11.6. The first-order valence-corrected chi connectivity index (χ1v) is 5.73. The van der Waals surface area contributed by atoms with Gasteiger partial charge < -0.3 is 10.4 Å². The van der Waals surface area contributed by atoms with E-state index in [4.69, 9.17) is 0 Å². The van der Waals surface area contributed by atoms with Crippen LogP contribution in [0.25, 0.3) is 0 Å². The van der Waals surface area contributed by atoms with Gasteiger partial charge in [0.1, 0.15) is 5.82 Å². The average Bonchev–Trinajstić information content (AvgIpc) is 2.27. The minimum absolute atomic E-state index is 0.232. The van der Waals surface area contributed by atoms with Crippen molar-refractivity contribution in [2.45, 2.75) is 39.2 Å². The molecule has 0 saturated heterocycles. The Morgan fingerprint density at radius 3 is 2.44 bits per heavy atom. The van der Waals surface area contributed by atoms with Gasteiger partial charge in [-0.15, -0.1) is 0 Å². The van der Waals surface area contributed by atoms with Crippen LogP contribution in [0.3, 0.4) is 0 Å². The molecule has 0 saturated carbocycles. The average molecular weight is 225 g/mol. The number of anilines is 1. The van der Waals surface area contributed by atoms with Crippen LogP contribution in [0, 0.1) is 12.7 Å². The Kier molecular flexibility index (Phi) is 4.30. The second-order valence-corrected chi connectivity index (χ2v) is 4.24. The van der Waals surface area contributed by atoms with Crippen molar-refractivity contribution in [3.8, 4) is 0 Å². The Hall–Kier alpha value is -1.09. The van der Waals surface area contributed by atoms with Gasteiger partial charge >= 0.3 is 0 Å². The number of aliphatic hydroxyl groups is 1. The van der Waals surface area contributed by atoms with E-state index in [1.165, 1.54) is 12.1 Å². The summed E-state index contributed by atoms with van der Waals surface area (Å²) in [5.74, 6) is -0.232. The lowest BCUT2D eigenvalue weighted by atomic mass is 9.97. The van der Waals surface area contributed by atoms with E-state index in [0.29, 0.717) is 19.4 Å². The van der Waals surface area contributed by atoms with Crippen LogP contribution in [0.2, 0.25) is 0 Å². The number of nitrogens with one attached hydrogen (secondary N) is 1. The van der Waals surface area contributed by atoms with Gasteiger partial charge in [-0.3, -0.25) is 0 Å². The lowest BCUT2D eigenvalue weighted by Gasteiger charge is -2.26. The molecule has 2 N–H and O–H groups in total. The standard InChI is InChI=1S/C13H20FNO/c1-4-13(16,5-2)9-15-12-7-6-11(14)8-10(12)3/h6-8,15-16H,4-5,9H2,1-3H3. The number of benzene rings is 1. The van der Waals surface area contributed by atoms with E-state index in [1.54, 1.807) is 6.07 Å². The lowest BCUT2D eigenvalue weighted by Crippen LogP contribution is -2.35.